The van der Waals surface area contributed by atoms with E-state index in [1.54, 1.807) is 7.05 Å². The van der Waals surface area contributed by atoms with Crippen molar-refractivity contribution in [3.05, 3.63) is 32.4 Å². The maximum Gasteiger partial charge on any atom is 0.315 e. The van der Waals surface area contributed by atoms with Crippen LogP contribution < -0.4 is 4.90 Å². The molecule has 0 saturated heterocycles. The minimum absolute atomic E-state index is 0.109. The molecule has 1 saturated carbocycles. The third-order valence-corrected chi connectivity index (χ3v) is 5.54. The second-order valence-electron chi connectivity index (χ2n) is 6.09. The molecule has 1 aliphatic rings. The number of nitrogens with zero attached hydrogens (tertiary/aromatic N) is 3. The number of carbonyl (C=O) groups is 1. The van der Waals surface area contributed by atoms with Crippen molar-refractivity contribution in [1.29, 1.82) is 0 Å². The Bertz CT molecular complexity index is 705. The molecule has 2 rings (SSSR count). The summed E-state index contributed by atoms with van der Waals surface area (Å²) in [7, 11) is 3.01. The van der Waals surface area contributed by atoms with Crippen molar-refractivity contribution in [2.75, 3.05) is 24.8 Å². The van der Waals surface area contributed by atoms with Gasteiger partial charge in [-0.1, -0.05) is 19.3 Å². The normalized spacial score (nSPS) is 14.7. The fourth-order valence-electron chi connectivity index (χ4n) is 3.09. The highest BCUT2D eigenvalue weighted by atomic mass is 32.2. The molecule has 142 valence electrons. The van der Waals surface area contributed by atoms with E-state index in [2.05, 4.69) is 4.74 Å². The Morgan fingerprint density at radius 1 is 1.19 bits per heavy atom. The second-order valence-corrected chi connectivity index (χ2v) is 7.11. The van der Waals surface area contributed by atoms with Gasteiger partial charge in [0.05, 0.1) is 33.7 Å². The van der Waals surface area contributed by atoms with Crippen LogP contribution in [0, 0.1) is 20.2 Å². The lowest BCUT2D eigenvalue weighted by atomic mass is 9.94. The van der Waals surface area contributed by atoms with Gasteiger partial charge in [0.15, 0.2) is 0 Å². The largest absolute Gasteiger partial charge is 0.468 e. The lowest BCUT2D eigenvalue weighted by Gasteiger charge is -2.32. The van der Waals surface area contributed by atoms with E-state index >= 15 is 0 Å². The smallest absolute Gasteiger partial charge is 0.315 e. The van der Waals surface area contributed by atoms with Crippen LogP contribution >= 0.6 is 11.8 Å². The third-order valence-electron chi connectivity index (χ3n) is 4.53. The Balaban J connectivity index is 2.44. The van der Waals surface area contributed by atoms with Crippen molar-refractivity contribution in [3.8, 4) is 0 Å². The number of esters is 1. The molecule has 0 unspecified atom stereocenters. The molecular weight excluding hydrogens is 362 g/mol. The zero-order valence-electron chi connectivity index (χ0n) is 14.7. The van der Waals surface area contributed by atoms with Crippen LogP contribution in [0.5, 0.6) is 0 Å². The van der Waals surface area contributed by atoms with E-state index in [1.807, 2.05) is 4.90 Å². The van der Waals surface area contributed by atoms with Crippen LogP contribution in [0.4, 0.5) is 17.1 Å². The fraction of sp³-hybridized carbons (Fsp3) is 0.562. The number of nitro benzene ring substituents is 2. The summed E-state index contributed by atoms with van der Waals surface area (Å²) < 4.78 is 4.56. The molecule has 1 aromatic carbocycles. The third kappa shape index (κ3) is 4.63. The van der Waals surface area contributed by atoms with Gasteiger partial charge in [-0.25, -0.2) is 0 Å². The zero-order chi connectivity index (χ0) is 19.3. The van der Waals surface area contributed by atoms with E-state index in [0.717, 1.165) is 49.9 Å². The van der Waals surface area contributed by atoms with Crippen molar-refractivity contribution >= 4 is 34.8 Å². The number of nitro groups is 2. The minimum Gasteiger partial charge on any atom is -0.468 e. The molecule has 10 heteroatoms. The molecule has 0 radical (unpaired) electrons. The van der Waals surface area contributed by atoms with Gasteiger partial charge in [0.1, 0.15) is 5.69 Å². The Labute approximate surface area is 155 Å². The molecule has 9 nitrogen and oxygen atoms in total. The van der Waals surface area contributed by atoms with Crippen LogP contribution in [0.1, 0.15) is 32.1 Å². The van der Waals surface area contributed by atoms with Gasteiger partial charge in [-0.15, -0.1) is 11.8 Å². The highest BCUT2D eigenvalue weighted by molar-refractivity contribution is 8.00. The van der Waals surface area contributed by atoms with Crippen LogP contribution in [0.3, 0.4) is 0 Å². The van der Waals surface area contributed by atoms with Crippen LogP contribution in [-0.2, 0) is 9.53 Å². The highest BCUT2D eigenvalue weighted by Gasteiger charge is 2.30. The van der Waals surface area contributed by atoms with Gasteiger partial charge >= 0.3 is 5.97 Å². The van der Waals surface area contributed by atoms with E-state index in [1.165, 1.54) is 13.2 Å². The van der Waals surface area contributed by atoms with Crippen LogP contribution in [0.15, 0.2) is 17.0 Å². The van der Waals surface area contributed by atoms with Crippen molar-refractivity contribution in [3.63, 3.8) is 0 Å². The van der Waals surface area contributed by atoms with Gasteiger partial charge in [0, 0.05) is 13.1 Å². The summed E-state index contributed by atoms with van der Waals surface area (Å²) in [6, 6.07) is 2.58. The number of anilines is 1. The van der Waals surface area contributed by atoms with E-state index < -0.39 is 15.8 Å². The summed E-state index contributed by atoms with van der Waals surface area (Å²) in [4.78, 5) is 35.0. The van der Waals surface area contributed by atoms with Crippen LogP contribution in [-0.4, -0.2) is 41.8 Å². The molecule has 0 heterocycles. The summed E-state index contributed by atoms with van der Waals surface area (Å²) in [5.74, 6) is -0.633. The SMILES string of the molecule is COC(=O)CSc1cc(N(C)C2CCCCC2)c([N+](=O)[O-])cc1[N+](=O)[O-]. The Morgan fingerprint density at radius 3 is 2.35 bits per heavy atom. The first-order chi connectivity index (χ1) is 12.3. The van der Waals surface area contributed by atoms with Gasteiger partial charge in [0.2, 0.25) is 0 Å². The van der Waals surface area contributed by atoms with Gasteiger partial charge in [-0.05, 0) is 18.9 Å². The molecule has 0 atom stereocenters. The van der Waals surface area contributed by atoms with E-state index in [4.69, 9.17) is 0 Å². The zero-order valence-corrected chi connectivity index (χ0v) is 15.5. The average Bonchev–Trinajstić information content (AvgIpc) is 2.65. The standard InChI is InChI=1S/C16H21N3O6S/c1-17(11-6-4-3-5-7-11)12-9-15(26-10-16(20)25-2)14(19(23)24)8-13(12)18(21)22/h8-9,11H,3-7,10H2,1-2H3. The fourth-order valence-corrected chi connectivity index (χ4v) is 3.96. The molecule has 0 aliphatic heterocycles. The first-order valence-corrected chi connectivity index (χ1v) is 9.23. The number of thioether (sulfide) groups is 1. The highest BCUT2D eigenvalue weighted by Crippen LogP contribution is 2.41. The number of benzene rings is 1. The monoisotopic (exact) mass is 383 g/mol. The summed E-state index contributed by atoms with van der Waals surface area (Å²) >= 11 is 0.941. The molecule has 1 aliphatic carbocycles. The van der Waals surface area contributed by atoms with Gasteiger partial charge < -0.3 is 9.64 Å². The van der Waals surface area contributed by atoms with E-state index in [9.17, 15) is 25.0 Å². The summed E-state index contributed by atoms with van der Waals surface area (Å²) in [6.07, 6.45) is 5.11. The molecule has 0 amide bonds. The number of carbonyl (C=O) groups excluding carboxylic acids is 1. The maximum absolute atomic E-state index is 11.5. The van der Waals surface area contributed by atoms with Crippen LogP contribution in [0.2, 0.25) is 0 Å². The maximum atomic E-state index is 11.5. The van der Waals surface area contributed by atoms with Crippen LogP contribution in [0.25, 0.3) is 0 Å². The summed E-state index contributed by atoms with van der Waals surface area (Å²) in [6.45, 7) is 0. The lowest BCUT2D eigenvalue weighted by molar-refractivity contribution is -0.395. The van der Waals surface area contributed by atoms with Gasteiger partial charge in [-0.2, -0.15) is 0 Å². The number of rotatable bonds is 7. The Hall–Kier alpha value is -2.36. The first-order valence-electron chi connectivity index (χ1n) is 8.24. The molecule has 0 spiro atoms. The Kier molecular flexibility index (Phi) is 6.78. The number of ether oxygens (including phenoxy) is 1. The van der Waals surface area contributed by atoms with Gasteiger partial charge in [-0.3, -0.25) is 25.0 Å². The topological polar surface area (TPSA) is 116 Å². The second kappa shape index (κ2) is 8.84. The molecule has 0 aromatic heterocycles. The van der Waals surface area contributed by atoms with Crippen molar-refractivity contribution in [2.45, 2.75) is 43.0 Å². The van der Waals surface area contributed by atoms with Gasteiger partial charge in [0.25, 0.3) is 11.4 Å². The summed E-state index contributed by atoms with van der Waals surface area (Å²) in [5, 5.41) is 22.8. The number of methoxy groups -OCH3 is 1. The Morgan fingerprint density at radius 2 is 1.81 bits per heavy atom. The number of hydrogen-bond donors (Lipinski definition) is 0. The predicted molar refractivity (Wildman–Crippen MR) is 97.8 cm³/mol. The predicted octanol–water partition coefficient (Wildman–Crippen LogP) is 3.54. The first kappa shape index (κ1) is 20.0. The average molecular weight is 383 g/mol. The molecule has 1 aromatic rings. The molecular formula is C16H21N3O6S. The number of hydrogen-bond acceptors (Lipinski definition) is 8. The molecule has 0 N–H and O–H groups in total. The van der Waals surface area contributed by atoms with Crippen molar-refractivity contribution in [2.24, 2.45) is 0 Å². The molecule has 1 fully saturated rings. The minimum atomic E-state index is -0.670. The van der Waals surface area contributed by atoms with Crippen molar-refractivity contribution < 1.29 is 19.4 Å². The van der Waals surface area contributed by atoms with Crippen molar-refractivity contribution in [1.82, 2.24) is 0 Å². The van der Waals surface area contributed by atoms with E-state index in [0.29, 0.717) is 5.69 Å². The van der Waals surface area contributed by atoms with E-state index in [-0.39, 0.29) is 28.1 Å². The quantitative estimate of drug-likeness (QED) is 0.304. The molecule has 26 heavy (non-hydrogen) atoms. The lowest BCUT2D eigenvalue weighted by Crippen LogP contribution is -2.33. The summed E-state index contributed by atoms with van der Waals surface area (Å²) in [5.41, 5.74) is -0.349. The molecule has 0 bridgehead atoms.